The van der Waals surface area contributed by atoms with Crippen LogP contribution in [0.25, 0.3) is 0 Å². The molecule has 2 unspecified atom stereocenters. The van der Waals surface area contributed by atoms with Crippen LogP contribution >= 0.6 is 0 Å². The first-order valence-electron chi connectivity index (χ1n) is 8.96. The number of benzene rings is 1. The van der Waals surface area contributed by atoms with Crippen molar-refractivity contribution >= 4 is 5.78 Å². The van der Waals surface area contributed by atoms with E-state index >= 15 is 0 Å². The summed E-state index contributed by atoms with van der Waals surface area (Å²) in [7, 11) is 3.66. The van der Waals surface area contributed by atoms with Crippen LogP contribution in [0.5, 0.6) is 5.75 Å². The van der Waals surface area contributed by atoms with E-state index in [1.165, 1.54) is 0 Å². The number of carbonyl (C=O) groups excluding carboxylic acids is 1. The molecule has 0 N–H and O–H groups in total. The molecule has 2 atom stereocenters. The summed E-state index contributed by atoms with van der Waals surface area (Å²) in [4.78, 5) is 15.1. The van der Waals surface area contributed by atoms with Gasteiger partial charge < -0.3 is 9.64 Å². The molecule has 1 aromatic carbocycles. The summed E-state index contributed by atoms with van der Waals surface area (Å²) >= 11 is 0. The molecule has 0 heterocycles. The maximum atomic E-state index is 13.0. The van der Waals surface area contributed by atoms with Gasteiger partial charge in [-0.15, -0.1) is 5.92 Å². The predicted molar refractivity (Wildman–Crippen MR) is 107 cm³/mol. The molecule has 0 radical (unpaired) electrons. The molecule has 1 aromatic rings. The molecule has 1 aliphatic rings. The Hall–Kier alpha value is -2.47. The second-order valence-electron chi connectivity index (χ2n) is 7.23. The van der Waals surface area contributed by atoms with Gasteiger partial charge in [-0.25, -0.2) is 0 Å². The molecular weight excluding hydrogens is 322 g/mol. The highest BCUT2D eigenvalue weighted by Gasteiger charge is 2.35. The van der Waals surface area contributed by atoms with Gasteiger partial charge in [0.1, 0.15) is 11.5 Å². The molecule has 1 aliphatic carbocycles. The van der Waals surface area contributed by atoms with E-state index in [1.807, 2.05) is 40.0 Å². The van der Waals surface area contributed by atoms with Gasteiger partial charge in [0.05, 0.1) is 13.0 Å². The van der Waals surface area contributed by atoms with Gasteiger partial charge in [0, 0.05) is 36.8 Å². The molecule has 1 saturated carbocycles. The van der Waals surface area contributed by atoms with E-state index in [1.54, 1.807) is 7.11 Å². The molecule has 26 heavy (non-hydrogen) atoms. The number of ketones is 1. The van der Waals surface area contributed by atoms with Crippen LogP contribution in [-0.4, -0.2) is 31.4 Å². The molecule has 1 fully saturated rings. The number of Topliss-reactive ketones (excluding diaryl/α,β-unsaturated/α-hetero) is 1. The monoisotopic (exact) mass is 351 g/mol. The SMILES string of the molecule is C=C1CC(CN(C)C(=C)C)CC(=O)C1c1c(C)cc(C#CC)cc1OC. The Kier molecular flexibility index (Phi) is 6.32. The largest absolute Gasteiger partial charge is 0.496 e. The second-order valence-corrected chi connectivity index (χ2v) is 7.23. The topological polar surface area (TPSA) is 29.5 Å². The van der Waals surface area contributed by atoms with Gasteiger partial charge in [-0.3, -0.25) is 4.79 Å². The molecule has 0 amide bonds. The fraction of sp³-hybridized carbons (Fsp3) is 0.435. The van der Waals surface area contributed by atoms with Crippen LogP contribution in [0, 0.1) is 24.7 Å². The zero-order valence-corrected chi connectivity index (χ0v) is 16.6. The minimum atomic E-state index is -0.292. The number of hydrogen-bond donors (Lipinski definition) is 0. The minimum absolute atomic E-state index is 0.220. The van der Waals surface area contributed by atoms with Gasteiger partial charge in [0.2, 0.25) is 0 Å². The molecule has 0 saturated heterocycles. The fourth-order valence-electron chi connectivity index (χ4n) is 3.75. The average molecular weight is 351 g/mol. The zero-order valence-electron chi connectivity index (χ0n) is 16.6. The summed E-state index contributed by atoms with van der Waals surface area (Å²) in [5.41, 5.74) is 4.85. The van der Waals surface area contributed by atoms with E-state index < -0.39 is 0 Å². The van der Waals surface area contributed by atoms with Crippen molar-refractivity contribution < 1.29 is 9.53 Å². The van der Waals surface area contributed by atoms with Gasteiger partial charge in [0.15, 0.2) is 0 Å². The number of methoxy groups -OCH3 is 1. The maximum absolute atomic E-state index is 13.0. The molecule has 3 heteroatoms. The zero-order chi connectivity index (χ0) is 19.4. The lowest BCUT2D eigenvalue weighted by molar-refractivity contribution is -0.121. The highest BCUT2D eigenvalue weighted by atomic mass is 16.5. The molecule has 3 nitrogen and oxygen atoms in total. The lowest BCUT2D eigenvalue weighted by atomic mass is 9.73. The number of carbonyl (C=O) groups is 1. The van der Waals surface area contributed by atoms with E-state index in [4.69, 9.17) is 4.74 Å². The first kappa shape index (κ1) is 19.8. The van der Waals surface area contributed by atoms with Gasteiger partial charge >= 0.3 is 0 Å². The van der Waals surface area contributed by atoms with E-state index in [0.717, 1.165) is 46.7 Å². The summed E-state index contributed by atoms with van der Waals surface area (Å²) in [6, 6.07) is 3.94. The third-order valence-corrected chi connectivity index (χ3v) is 5.08. The maximum Gasteiger partial charge on any atom is 0.144 e. The Balaban J connectivity index is 2.32. The van der Waals surface area contributed by atoms with Gasteiger partial charge in [0.25, 0.3) is 0 Å². The molecule has 138 valence electrons. The summed E-state index contributed by atoms with van der Waals surface area (Å²) < 4.78 is 5.60. The second kappa shape index (κ2) is 8.27. The van der Waals surface area contributed by atoms with Crippen LogP contribution in [0.3, 0.4) is 0 Å². The van der Waals surface area contributed by atoms with Gasteiger partial charge in [-0.2, -0.15) is 0 Å². The highest BCUT2D eigenvalue weighted by molar-refractivity contribution is 5.91. The molecule has 0 aromatic heterocycles. The molecule has 0 aliphatic heterocycles. The number of allylic oxidation sites excluding steroid dienone is 2. The van der Waals surface area contributed by atoms with Crippen molar-refractivity contribution in [3.8, 4) is 17.6 Å². The average Bonchev–Trinajstić information content (AvgIpc) is 2.55. The van der Waals surface area contributed by atoms with Crippen LogP contribution < -0.4 is 4.74 Å². The summed E-state index contributed by atoms with van der Waals surface area (Å²) in [6.07, 6.45) is 1.40. The van der Waals surface area contributed by atoms with Crippen LogP contribution in [0.1, 0.15) is 49.3 Å². The predicted octanol–water partition coefficient (Wildman–Crippen LogP) is 4.46. The number of aryl methyl sites for hydroxylation is 1. The van der Waals surface area contributed by atoms with Gasteiger partial charge in [-0.1, -0.05) is 24.7 Å². The van der Waals surface area contributed by atoms with Crippen molar-refractivity contribution in [2.75, 3.05) is 20.7 Å². The Morgan fingerprint density at radius 1 is 1.38 bits per heavy atom. The molecule has 0 bridgehead atoms. The van der Waals surface area contributed by atoms with Crippen molar-refractivity contribution in [1.29, 1.82) is 0 Å². The molecule has 2 rings (SSSR count). The number of ether oxygens (including phenoxy) is 1. The number of rotatable bonds is 5. The fourth-order valence-corrected chi connectivity index (χ4v) is 3.75. The third-order valence-electron chi connectivity index (χ3n) is 5.08. The van der Waals surface area contributed by atoms with Crippen molar-refractivity contribution in [3.63, 3.8) is 0 Å². The minimum Gasteiger partial charge on any atom is -0.496 e. The summed E-state index contributed by atoms with van der Waals surface area (Å²) in [6.45, 7) is 14.9. The number of hydrogen-bond acceptors (Lipinski definition) is 3. The highest BCUT2D eigenvalue weighted by Crippen LogP contribution is 2.42. The van der Waals surface area contributed by atoms with E-state index in [2.05, 4.69) is 29.9 Å². The van der Waals surface area contributed by atoms with E-state index in [-0.39, 0.29) is 17.6 Å². The Morgan fingerprint density at radius 2 is 2.08 bits per heavy atom. The van der Waals surface area contributed by atoms with Gasteiger partial charge in [-0.05, 0) is 50.8 Å². The van der Waals surface area contributed by atoms with Crippen LogP contribution in [-0.2, 0) is 4.79 Å². The lowest BCUT2D eigenvalue weighted by Crippen LogP contribution is -2.32. The molecular formula is C23H29NO2. The third kappa shape index (κ3) is 4.19. The van der Waals surface area contributed by atoms with Crippen molar-refractivity contribution in [1.82, 2.24) is 4.90 Å². The molecule has 0 spiro atoms. The first-order valence-corrected chi connectivity index (χ1v) is 8.96. The quantitative estimate of drug-likeness (QED) is 0.579. The Labute approximate surface area is 157 Å². The van der Waals surface area contributed by atoms with Crippen LogP contribution in [0.4, 0.5) is 0 Å². The smallest absolute Gasteiger partial charge is 0.144 e. The normalized spacial score (nSPS) is 19.6. The Bertz CT molecular complexity index is 776. The van der Waals surface area contributed by atoms with Crippen molar-refractivity contribution in [2.24, 2.45) is 5.92 Å². The Morgan fingerprint density at radius 3 is 2.62 bits per heavy atom. The van der Waals surface area contributed by atoms with Crippen molar-refractivity contribution in [2.45, 2.75) is 39.5 Å². The number of nitrogens with zero attached hydrogens (tertiary/aromatic N) is 1. The standard InChI is InChI=1S/C23H29NO2/c1-8-9-18-10-17(5)23(21(13-18)26-7)22-16(4)11-19(12-20(22)25)14-24(6)15(2)3/h10,13,19,22H,2,4,11-12,14H2,1,3,5-7H3. The summed E-state index contributed by atoms with van der Waals surface area (Å²) in [5, 5.41) is 0. The van der Waals surface area contributed by atoms with E-state index in [9.17, 15) is 4.79 Å². The van der Waals surface area contributed by atoms with Crippen LogP contribution in [0.2, 0.25) is 0 Å². The first-order chi connectivity index (χ1) is 12.3. The van der Waals surface area contributed by atoms with Crippen molar-refractivity contribution in [3.05, 3.63) is 53.3 Å². The van der Waals surface area contributed by atoms with E-state index in [0.29, 0.717) is 6.42 Å². The summed E-state index contributed by atoms with van der Waals surface area (Å²) in [5.74, 6) is 6.91. The van der Waals surface area contributed by atoms with Crippen LogP contribution in [0.15, 0.2) is 36.6 Å². The lowest BCUT2D eigenvalue weighted by Gasteiger charge is -2.34.